The van der Waals surface area contributed by atoms with Crippen molar-refractivity contribution >= 4 is 17.9 Å². The molecule has 0 heterocycles. The summed E-state index contributed by atoms with van der Waals surface area (Å²) in [7, 11) is 0. The van der Waals surface area contributed by atoms with Crippen molar-refractivity contribution in [3.8, 4) is 12.5 Å². The molecule has 0 radical (unpaired) electrons. The van der Waals surface area contributed by atoms with E-state index in [0.717, 1.165) is 21.6 Å². The topological polar surface area (TPSA) is 87.7 Å². The number of carbonyl (C=O) groups excluding carboxylic acids is 3. The minimum atomic E-state index is -1.09. The van der Waals surface area contributed by atoms with E-state index in [2.05, 4.69) is 16.7 Å². The zero-order valence-electron chi connectivity index (χ0n) is 22.2. The van der Waals surface area contributed by atoms with E-state index in [-0.39, 0.29) is 12.5 Å². The number of alkyl carbamates (subject to hydrolysis) is 1. The minimum Gasteiger partial charge on any atom is -0.444 e. The van der Waals surface area contributed by atoms with Crippen LogP contribution in [-0.2, 0) is 20.9 Å². The van der Waals surface area contributed by atoms with E-state index < -0.39 is 35.6 Å². The Labute approximate surface area is 214 Å². The highest BCUT2D eigenvalue weighted by atomic mass is 16.6. The van der Waals surface area contributed by atoms with Gasteiger partial charge in [0.25, 0.3) is 5.91 Å². The van der Waals surface area contributed by atoms with Crippen molar-refractivity contribution in [1.82, 2.24) is 15.5 Å². The molecular formula is C29H37N3O4. The largest absolute Gasteiger partial charge is 0.444 e. The van der Waals surface area contributed by atoms with E-state index in [4.69, 9.17) is 11.2 Å². The molecule has 2 unspecified atom stereocenters. The molecule has 0 fully saturated rings. The lowest BCUT2D eigenvalue weighted by atomic mass is 9.94. The normalized spacial score (nSPS) is 12.8. The van der Waals surface area contributed by atoms with Crippen LogP contribution in [0.3, 0.4) is 0 Å². The molecule has 192 valence electrons. The molecule has 0 saturated carbocycles. The van der Waals surface area contributed by atoms with Gasteiger partial charge >= 0.3 is 6.09 Å². The Balaban J connectivity index is 2.44. The highest BCUT2D eigenvalue weighted by Crippen LogP contribution is 2.27. The van der Waals surface area contributed by atoms with Crippen LogP contribution in [0.5, 0.6) is 0 Å². The maximum atomic E-state index is 13.7. The van der Waals surface area contributed by atoms with Crippen molar-refractivity contribution < 1.29 is 19.1 Å². The Hall–Kier alpha value is -3.79. The molecule has 36 heavy (non-hydrogen) atoms. The van der Waals surface area contributed by atoms with Crippen molar-refractivity contribution in [3.05, 3.63) is 70.8 Å². The molecule has 3 amide bonds. The Morgan fingerprint density at radius 2 is 1.67 bits per heavy atom. The van der Waals surface area contributed by atoms with Gasteiger partial charge in [0.2, 0.25) is 5.91 Å². The zero-order chi connectivity index (χ0) is 27.0. The molecule has 0 saturated heterocycles. The second-order valence-corrected chi connectivity index (χ2v) is 10.1. The summed E-state index contributed by atoms with van der Waals surface area (Å²) in [6, 6.07) is 15.3. The average molecular weight is 492 g/mol. The quantitative estimate of drug-likeness (QED) is 0.416. The summed E-state index contributed by atoms with van der Waals surface area (Å²) in [6.07, 6.45) is 5.11. The first-order chi connectivity index (χ1) is 16.9. The number of carbonyl (C=O) groups is 3. The molecule has 2 N–H and O–H groups in total. The fourth-order valence-corrected chi connectivity index (χ4v) is 3.71. The van der Waals surface area contributed by atoms with E-state index in [1.54, 1.807) is 40.7 Å². The maximum absolute atomic E-state index is 13.7. The lowest BCUT2D eigenvalue weighted by Gasteiger charge is -2.32. The molecular weight excluding hydrogens is 454 g/mol. The molecule has 2 aromatic rings. The average Bonchev–Trinajstić information content (AvgIpc) is 2.80. The second kappa shape index (κ2) is 12.3. The van der Waals surface area contributed by atoms with Crippen LogP contribution in [0.1, 0.15) is 62.9 Å². The minimum absolute atomic E-state index is 0.275. The summed E-state index contributed by atoms with van der Waals surface area (Å²) >= 11 is 0. The molecule has 0 aromatic heterocycles. The third kappa shape index (κ3) is 7.61. The molecule has 0 bridgehead atoms. The molecule has 0 aliphatic carbocycles. The van der Waals surface area contributed by atoms with Gasteiger partial charge in [0.05, 0.1) is 0 Å². The van der Waals surface area contributed by atoms with E-state index in [0.29, 0.717) is 5.56 Å². The Kier molecular flexibility index (Phi) is 9.68. The summed E-state index contributed by atoms with van der Waals surface area (Å²) in [6.45, 7) is 12.9. The van der Waals surface area contributed by atoms with E-state index in [9.17, 15) is 14.4 Å². The molecule has 0 aliphatic heterocycles. The van der Waals surface area contributed by atoms with Gasteiger partial charge < -0.3 is 15.4 Å². The number of nitrogens with one attached hydrogen (secondary N) is 2. The molecule has 7 heteroatoms. The number of nitrogens with zero attached hydrogens (tertiary/aromatic N) is 1. The first-order valence-corrected chi connectivity index (χ1v) is 12.0. The molecule has 0 spiro atoms. The number of ether oxygens (including phenoxy) is 1. The Morgan fingerprint density at radius 3 is 2.22 bits per heavy atom. The zero-order valence-corrected chi connectivity index (χ0v) is 22.2. The Morgan fingerprint density at radius 1 is 1.03 bits per heavy atom. The summed E-state index contributed by atoms with van der Waals surface area (Å²) in [5.74, 6) is -1.30. The van der Waals surface area contributed by atoms with Crippen molar-refractivity contribution in [2.24, 2.45) is 5.92 Å². The number of terminal acetylenes is 1. The first kappa shape index (κ1) is 28.4. The van der Waals surface area contributed by atoms with Gasteiger partial charge in [-0.3, -0.25) is 14.5 Å². The predicted octanol–water partition coefficient (Wildman–Crippen LogP) is 4.63. The van der Waals surface area contributed by atoms with E-state index in [1.807, 2.05) is 56.3 Å². The summed E-state index contributed by atoms with van der Waals surface area (Å²) in [4.78, 5) is 40.9. The van der Waals surface area contributed by atoms with Gasteiger partial charge in [-0.25, -0.2) is 4.79 Å². The van der Waals surface area contributed by atoms with Gasteiger partial charge in [-0.15, -0.1) is 0 Å². The van der Waals surface area contributed by atoms with Gasteiger partial charge in [-0.1, -0.05) is 68.8 Å². The van der Waals surface area contributed by atoms with Crippen molar-refractivity contribution in [2.75, 3.05) is 0 Å². The highest BCUT2D eigenvalue weighted by Gasteiger charge is 2.37. The van der Waals surface area contributed by atoms with Crippen LogP contribution in [0, 0.1) is 32.2 Å². The van der Waals surface area contributed by atoms with Gasteiger partial charge in [0, 0.05) is 12.6 Å². The van der Waals surface area contributed by atoms with E-state index in [1.165, 1.54) is 0 Å². The van der Waals surface area contributed by atoms with Crippen LogP contribution in [-0.4, -0.2) is 34.5 Å². The molecule has 0 aliphatic rings. The monoisotopic (exact) mass is 491 g/mol. The van der Waals surface area contributed by atoms with Gasteiger partial charge in [0.15, 0.2) is 0 Å². The van der Waals surface area contributed by atoms with Crippen LogP contribution in [0.4, 0.5) is 4.79 Å². The van der Waals surface area contributed by atoms with Crippen LogP contribution in [0.25, 0.3) is 0 Å². The standard InChI is InChI=1S/C29H37N3O4/c1-9-32(27(34)24(19(2)3)31-28(35)36-29(6,7)8)25(23-17-13-14-20(4)21(23)5)26(33)30-18-22-15-11-10-12-16-22/h1,10-17,19,24-25H,18H2,2-8H3,(H,30,33)(H,31,35). The smallest absolute Gasteiger partial charge is 0.408 e. The lowest BCUT2D eigenvalue weighted by Crippen LogP contribution is -2.53. The molecule has 2 atom stereocenters. The molecule has 2 rings (SSSR count). The van der Waals surface area contributed by atoms with Crippen LogP contribution < -0.4 is 10.6 Å². The number of rotatable bonds is 8. The van der Waals surface area contributed by atoms with Gasteiger partial charge in [-0.2, -0.15) is 0 Å². The SMILES string of the molecule is C#CN(C(=O)C(NC(=O)OC(C)(C)C)C(C)C)C(C(=O)NCc1ccccc1)c1cccc(C)c1C. The predicted molar refractivity (Wildman–Crippen MR) is 141 cm³/mol. The van der Waals surface area contributed by atoms with Crippen LogP contribution in [0.15, 0.2) is 48.5 Å². The summed E-state index contributed by atoms with van der Waals surface area (Å²) < 4.78 is 5.35. The summed E-state index contributed by atoms with van der Waals surface area (Å²) in [5, 5.41) is 5.55. The van der Waals surface area contributed by atoms with Crippen molar-refractivity contribution in [2.45, 2.75) is 72.7 Å². The van der Waals surface area contributed by atoms with Crippen LogP contribution in [0.2, 0.25) is 0 Å². The molecule has 7 nitrogen and oxygen atoms in total. The number of amides is 3. The number of hydrogen-bond acceptors (Lipinski definition) is 4. The third-order valence-corrected chi connectivity index (χ3v) is 5.74. The van der Waals surface area contributed by atoms with Crippen molar-refractivity contribution in [1.29, 1.82) is 0 Å². The number of benzene rings is 2. The number of hydrogen-bond donors (Lipinski definition) is 2. The van der Waals surface area contributed by atoms with Gasteiger partial charge in [0.1, 0.15) is 17.7 Å². The first-order valence-electron chi connectivity index (χ1n) is 12.0. The fraction of sp³-hybridized carbons (Fsp3) is 0.414. The van der Waals surface area contributed by atoms with Gasteiger partial charge in [-0.05, 0) is 62.8 Å². The lowest BCUT2D eigenvalue weighted by molar-refractivity contribution is -0.139. The third-order valence-electron chi connectivity index (χ3n) is 5.74. The number of aryl methyl sites for hydroxylation is 1. The second-order valence-electron chi connectivity index (χ2n) is 10.1. The highest BCUT2D eigenvalue weighted by molar-refractivity contribution is 5.93. The van der Waals surface area contributed by atoms with E-state index >= 15 is 0 Å². The van der Waals surface area contributed by atoms with Crippen LogP contribution >= 0.6 is 0 Å². The Bertz CT molecular complexity index is 1110. The maximum Gasteiger partial charge on any atom is 0.408 e. The van der Waals surface area contributed by atoms with Crippen molar-refractivity contribution in [3.63, 3.8) is 0 Å². The molecule has 2 aromatic carbocycles. The fourth-order valence-electron chi connectivity index (χ4n) is 3.71. The summed E-state index contributed by atoms with van der Waals surface area (Å²) in [5.41, 5.74) is 2.61.